The molecule has 3 aromatic heterocycles. The quantitative estimate of drug-likeness (QED) is 0.389. The fraction of sp³-hybridized carbons (Fsp3) is 0.182. The van der Waals surface area contributed by atoms with Crippen LogP contribution in [0.25, 0.3) is 11.3 Å². The lowest BCUT2D eigenvalue weighted by atomic mass is 10.2. The summed E-state index contributed by atoms with van der Waals surface area (Å²) in [6, 6.07) is 9.70. The highest BCUT2D eigenvalue weighted by Crippen LogP contribution is 2.32. The van der Waals surface area contributed by atoms with Crippen LogP contribution >= 0.6 is 34.8 Å². The summed E-state index contributed by atoms with van der Waals surface area (Å²) < 4.78 is 8.47. The van der Waals surface area contributed by atoms with Crippen LogP contribution in [0.4, 0.5) is 0 Å². The number of carbonyl (C=O) groups is 1. The molecule has 0 unspecified atom stereocenters. The molecule has 0 fully saturated rings. The third kappa shape index (κ3) is 3.77. The van der Waals surface area contributed by atoms with E-state index in [0.29, 0.717) is 32.1 Å². The van der Waals surface area contributed by atoms with Gasteiger partial charge in [-0.2, -0.15) is 5.10 Å². The van der Waals surface area contributed by atoms with E-state index in [1.807, 2.05) is 0 Å². The number of carbonyl (C=O) groups excluding carboxylic acids is 1. The summed E-state index contributed by atoms with van der Waals surface area (Å²) in [5.74, 6) is -0.579. The van der Waals surface area contributed by atoms with E-state index in [1.54, 1.807) is 35.0 Å². The molecule has 32 heavy (non-hydrogen) atoms. The minimum absolute atomic E-state index is 0.156. The number of ether oxygens (including phenoxy) is 1. The van der Waals surface area contributed by atoms with Crippen molar-refractivity contribution in [2.45, 2.75) is 25.9 Å². The highest BCUT2D eigenvalue weighted by atomic mass is 35.5. The maximum absolute atomic E-state index is 12.9. The van der Waals surface area contributed by atoms with E-state index in [-0.39, 0.29) is 17.9 Å². The number of halogens is 3. The minimum atomic E-state index is -0.579. The van der Waals surface area contributed by atoms with E-state index in [2.05, 4.69) is 10.1 Å². The number of hydrogen-bond acceptors (Lipinski definition) is 5. The Kier molecular flexibility index (Phi) is 5.41. The average molecular weight is 490 g/mol. The fourth-order valence-electron chi connectivity index (χ4n) is 3.86. The lowest BCUT2D eigenvalue weighted by Crippen LogP contribution is -2.17. The molecule has 0 bridgehead atoms. The second-order valence-electron chi connectivity index (χ2n) is 7.37. The van der Waals surface area contributed by atoms with Crippen molar-refractivity contribution in [3.8, 4) is 5.69 Å². The third-order valence-electron chi connectivity index (χ3n) is 5.29. The van der Waals surface area contributed by atoms with Gasteiger partial charge in [0.15, 0.2) is 5.69 Å². The topological polar surface area (TPSA) is 78.5 Å². The summed E-state index contributed by atoms with van der Waals surface area (Å²) in [4.78, 5) is 29.6. The Morgan fingerprint density at radius 1 is 1.06 bits per heavy atom. The molecular weight excluding hydrogens is 475 g/mol. The molecule has 162 valence electrons. The van der Waals surface area contributed by atoms with Crippen LogP contribution < -0.4 is 5.56 Å². The molecule has 0 radical (unpaired) electrons. The van der Waals surface area contributed by atoms with Gasteiger partial charge in [0.05, 0.1) is 21.4 Å². The zero-order chi connectivity index (χ0) is 22.4. The lowest BCUT2D eigenvalue weighted by Gasteiger charge is -2.08. The first kappa shape index (κ1) is 21.0. The molecule has 0 amide bonds. The van der Waals surface area contributed by atoms with E-state index < -0.39 is 5.97 Å². The number of pyridine rings is 1. The van der Waals surface area contributed by atoms with Crippen molar-refractivity contribution in [1.82, 2.24) is 19.2 Å². The van der Waals surface area contributed by atoms with Gasteiger partial charge >= 0.3 is 5.97 Å². The monoisotopic (exact) mass is 488 g/mol. The maximum Gasteiger partial charge on any atom is 0.359 e. The van der Waals surface area contributed by atoms with Gasteiger partial charge in [-0.15, -0.1) is 0 Å². The molecule has 4 aromatic rings. The van der Waals surface area contributed by atoms with Crippen LogP contribution in [0.1, 0.15) is 33.9 Å². The Bertz CT molecular complexity index is 1440. The number of rotatable bonds is 4. The second-order valence-corrected chi connectivity index (χ2v) is 8.65. The fourth-order valence-corrected chi connectivity index (χ4v) is 4.51. The Morgan fingerprint density at radius 3 is 2.69 bits per heavy atom. The van der Waals surface area contributed by atoms with Gasteiger partial charge in [0, 0.05) is 28.5 Å². The Morgan fingerprint density at radius 2 is 1.88 bits per heavy atom. The molecular formula is C22H15Cl3N4O3. The second kappa shape index (κ2) is 8.24. The van der Waals surface area contributed by atoms with Gasteiger partial charge in [-0.1, -0.05) is 34.8 Å². The predicted octanol–water partition coefficient (Wildman–Crippen LogP) is 4.69. The molecule has 5 rings (SSSR count). The van der Waals surface area contributed by atoms with E-state index >= 15 is 0 Å². The Hall–Kier alpha value is -2.87. The Labute approximate surface area is 197 Å². The molecule has 10 heteroatoms. The van der Waals surface area contributed by atoms with Crippen molar-refractivity contribution >= 4 is 46.4 Å². The van der Waals surface area contributed by atoms with Gasteiger partial charge in [0.2, 0.25) is 0 Å². The first-order chi connectivity index (χ1) is 15.4. The van der Waals surface area contributed by atoms with Crippen LogP contribution in [0.2, 0.25) is 15.1 Å². The molecule has 1 aromatic carbocycles. The molecule has 1 aliphatic carbocycles. The van der Waals surface area contributed by atoms with Crippen molar-refractivity contribution in [2.24, 2.45) is 0 Å². The van der Waals surface area contributed by atoms with Crippen molar-refractivity contribution in [3.05, 3.63) is 90.7 Å². The molecule has 0 aliphatic heterocycles. The molecule has 0 saturated carbocycles. The lowest BCUT2D eigenvalue weighted by molar-refractivity contribution is 0.0459. The number of benzene rings is 1. The van der Waals surface area contributed by atoms with Crippen LogP contribution in [-0.4, -0.2) is 25.1 Å². The number of esters is 1. The summed E-state index contributed by atoms with van der Waals surface area (Å²) in [5.41, 5.74) is 3.11. The van der Waals surface area contributed by atoms with Crippen molar-refractivity contribution in [2.75, 3.05) is 0 Å². The van der Waals surface area contributed by atoms with Crippen LogP contribution in [0.5, 0.6) is 0 Å². The van der Waals surface area contributed by atoms with Gasteiger partial charge < -0.3 is 4.74 Å². The molecule has 1 aliphatic rings. The zero-order valence-electron chi connectivity index (χ0n) is 16.5. The number of fused-ring (bicyclic) bond motifs is 2. The summed E-state index contributed by atoms with van der Waals surface area (Å²) in [7, 11) is 0. The standard InChI is InChI=1S/C22H15Cl3N4O3/c23-12-4-6-18(16(25)8-12)29-17-3-1-2-15(17)21(27-29)22(31)32-11-14-9-20(30)28-10-13(24)5-7-19(28)26-14/h4-10H,1-3,11H2. The van der Waals surface area contributed by atoms with Gasteiger partial charge in [-0.25, -0.2) is 14.5 Å². The highest BCUT2D eigenvalue weighted by Gasteiger charge is 2.28. The number of aromatic nitrogens is 4. The summed E-state index contributed by atoms with van der Waals surface area (Å²) >= 11 is 18.3. The summed E-state index contributed by atoms with van der Waals surface area (Å²) in [5, 5.41) is 5.87. The van der Waals surface area contributed by atoms with Gasteiger partial charge in [-0.05, 0) is 49.6 Å². The van der Waals surface area contributed by atoms with Crippen molar-refractivity contribution < 1.29 is 9.53 Å². The minimum Gasteiger partial charge on any atom is -0.454 e. The predicted molar refractivity (Wildman–Crippen MR) is 121 cm³/mol. The first-order valence-electron chi connectivity index (χ1n) is 9.82. The van der Waals surface area contributed by atoms with Gasteiger partial charge in [0.1, 0.15) is 12.3 Å². The smallest absolute Gasteiger partial charge is 0.359 e. The number of hydrogen-bond donors (Lipinski definition) is 0. The highest BCUT2D eigenvalue weighted by molar-refractivity contribution is 6.35. The normalized spacial score (nSPS) is 12.8. The maximum atomic E-state index is 12.9. The summed E-state index contributed by atoms with van der Waals surface area (Å²) in [6.07, 6.45) is 3.89. The van der Waals surface area contributed by atoms with E-state index in [4.69, 9.17) is 39.5 Å². The Balaban J connectivity index is 1.43. The van der Waals surface area contributed by atoms with Gasteiger partial charge in [0.25, 0.3) is 5.56 Å². The molecule has 7 nitrogen and oxygen atoms in total. The van der Waals surface area contributed by atoms with Crippen LogP contribution in [0.15, 0.2) is 47.4 Å². The molecule has 0 atom stereocenters. The molecule has 0 spiro atoms. The third-order valence-corrected chi connectivity index (χ3v) is 6.05. The van der Waals surface area contributed by atoms with E-state index in [0.717, 1.165) is 30.5 Å². The zero-order valence-corrected chi connectivity index (χ0v) is 18.8. The van der Waals surface area contributed by atoms with Crippen molar-refractivity contribution in [3.63, 3.8) is 0 Å². The van der Waals surface area contributed by atoms with E-state index in [9.17, 15) is 9.59 Å². The SMILES string of the molecule is O=C(OCc1cc(=O)n2cc(Cl)ccc2n1)c1nn(-c2ccc(Cl)cc2Cl)c2c1CCC2. The van der Waals surface area contributed by atoms with E-state index in [1.165, 1.54) is 16.7 Å². The molecule has 0 saturated heterocycles. The average Bonchev–Trinajstić information content (AvgIpc) is 3.36. The van der Waals surface area contributed by atoms with Crippen molar-refractivity contribution in [1.29, 1.82) is 0 Å². The summed E-state index contributed by atoms with van der Waals surface area (Å²) in [6.45, 7) is -0.156. The molecule has 3 heterocycles. The molecule has 0 N–H and O–H groups in total. The first-order valence-corrected chi connectivity index (χ1v) is 11.0. The number of nitrogens with zero attached hydrogens (tertiary/aromatic N) is 4. The van der Waals surface area contributed by atoms with Gasteiger partial charge in [-0.3, -0.25) is 9.20 Å². The largest absolute Gasteiger partial charge is 0.454 e. The van der Waals surface area contributed by atoms with Crippen LogP contribution in [-0.2, 0) is 24.2 Å². The van der Waals surface area contributed by atoms with Crippen LogP contribution in [0, 0.1) is 0 Å². The van der Waals surface area contributed by atoms with Crippen LogP contribution in [0.3, 0.4) is 0 Å².